The van der Waals surface area contributed by atoms with Gasteiger partial charge in [0.1, 0.15) is 11.0 Å². The Hall–Kier alpha value is -1.05. The molecule has 0 aliphatic carbocycles. The minimum atomic E-state index is -1.24. The van der Waals surface area contributed by atoms with Crippen molar-refractivity contribution in [3.63, 3.8) is 0 Å². The quantitative estimate of drug-likeness (QED) is 0.652. The van der Waals surface area contributed by atoms with Crippen LogP contribution in [0.15, 0.2) is 4.47 Å². The Kier molecular flexibility index (Phi) is 6.15. The predicted octanol–water partition coefficient (Wildman–Crippen LogP) is 4.65. The molecule has 6 nitrogen and oxygen atoms in total. The summed E-state index contributed by atoms with van der Waals surface area (Å²) in [6.45, 7) is 11.4. The number of aliphatic carboxylic acids is 1. The van der Waals surface area contributed by atoms with E-state index in [4.69, 9.17) is 22.1 Å². The lowest BCUT2D eigenvalue weighted by Crippen LogP contribution is -2.39. The number of nitrogen functional groups attached to an aromatic ring is 1. The molecule has 1 aliphatic rings. The van der Waals surface area contributed by atoms with Crippen LogP contribution in [-0.2, 0) is 9.53 Å². The molecule has 1 atom stereocenters. The van der Waals surface area contributed by atoms with Gasteiger partial charge in [0.2, 0.25) is 0 Å². The molecule has 1 unspecified atom stereocenters. The minimum Gasteiger partial charge on any atom is -0.479 e. The highest BCUT2D eigenvalue weighted by molar-refractivity contribution is 9.10. The molecule has 1 aromatic heterocycles. The molecule has 26 heavy (non-hydrogen) atoms. The predicted molar refractivity (Wildman–Crippen MR) is 108 cm³/mol. The highest BCUT2D eigenvalue weighted by Crippen LogP contribution is 2.45. The van der Waals surface area contributed by atoms with E-state index in [2.05, 4.69) is 39.7 Å². The molecular weight excluding hydrogens is 422 g/mol. The van der Waals surface area contributed by atoms with Gasteiger partial charge in [-0.15, -0.1) is 0 Å². The van der Waals surface area contributed by atoms with Crippen LogP contribution in [0.2, 0.25) is 5.15 Å². The standard InChI is InChI=1S/C18H27BrClN3O3/c1-17(2,3)26-13(16(24)25)10-12(11(19)15(21)22-14(10)20)23-8-6-18(4,5)7-9-23/h13H,6-9H2,1-5H3,(H2,21,22)(H,24,25). The van der Waals surface area contributed by atoms with Gasteiger partial charge < -0.3 is 20.5 Å². The highest BCUT2D eigenvalue weighted by atomic mass is 79.9. The Labute approximate surface area is 168 Å². The Morgan fingerprint density at radius 3 is 2.38 bits per heavy atom. The van der Waals surface area contributed by atoms with Gasteiger partial charge in [-0.25, -0.2) is 9.78 Å². The second-order valence-corrected chi connectivity index (χ2v) is 9.61. The molecule has 3 N–H and O–H groups in total. The van der Waals surface area contributed by atoms with Crippen LogP contribution in [0.5, 0.6) is 0 Å². The third-order valence-corrected chi connectivity index (χ3v) is 5.59. The van der Waals surface area contributed by atoms with Crippen LogP contribution in [-0.4, -0.2) is 34.8 Å². The molecule has 2 rings (SSSR count). The van der Waals surface area contributed by atoms with Crippen LogP contribution in [0.3, 0.4) is 0 Å². The van der Waals surface area contributed by atoms with Crippen molar-refractivity contribution in [1.29, 1.82) is 0 Å². The first-order chi connectivity index (χ1) is 11.8. The molecule has 1 fully saturated rings. The van der Waals surface area contributed by atoms with Crippen molar-refractivity contribution >= 4 is 45.0 Å². The van der Waals surface area contributed by atoms with Gasteiger partial charge in [0.25, 0.3) is 0 Å². The lowest BCUT2D eigenvalue weighted by Gasteiger charge is -2.40. The molecule has 0 bridgehead atoms. The summed E-state index contributed by atoms with van der Waals surface area (Å²) < 4.78 is 6.38. The zero-order valence-corrected chi connectivity index (χ0v) is 18.2. The molecule has 8 heteroatoms. The van der Waals surface area contributed by atoms with Crippen LogP contribution >= 0.6 is 27.5 Å². The zero-order chi connectivity index (χ0) is 19.9. The van der Waals surface area contributed by atoms with Gasteiger partial charge in [0, 0.05) is 13.1 Å². The summed E-state index contributed by atoms with van der Waals surface area (Å²) in [6.07, 6.45) is 0.726. The number of halogens is 2. The molecule has 0 aromatic carbocycles. The van der Waals surface area contributed by atoms with E-state index in [0.717, 1.165) is 25.9 Å². The molecule has 0 saturated carbocycles. The highest BCUT2D eigenvalue weighted by Gasteiger charge is 2.36. The summed E-state index contributed by atoms with van der Waals surface area (Å²) in [5.74, 6) is -0.877. The van der Waals surface area contributed by atoms with Gasteiger partial charge in [-0.1, -0.05) is 25.4 Å². The second-order valence-electron chi connectivity index (χ2n) is 8.46. The second kappa shape index (κ2) is 7.52. The molecule has 1 aromatic rings. The van der Waals surface area contributed by atoms with Crippen LogP contribution < -0.4 is 10.6 Å². The Morgan fingerprint density at radius 2 is 1.92 bits per heavy atom. The fourth-order valence-electron chi connectivity index (χ4n) is 3.02. The number of aromatic nitrogens is 1. The normalized spacial score (nSPS) is 18.7. The number of hydrogen-bond donors (Lipinski definition) is 2. The van der Waals surface area contributed by atoms with Crippen LogP contribution in [0, 0.1) is 5.41 Å². The summed E-state index contributed by atoms with van der Waals surface area (Å²) in [6, 6.07) is 0. The maximum Gasteiger partial charge on any atom is 0.337 e. The van der Waals surface area contributed by atoms with Crippen molar-refractivity contribution in [3.8, 4) is 0 Å². The average molecular weight is 449 g/mol. The SMILES string of the molecule is CC1(C)CCN(c2c(Br)c(N)nc(Cl)c2C(OC(C)(C)C)C(=O)O)CC1. The van der Waals surface area contributed by atoms with Crippen LogP contribution in [0.1, 0.15) is 59.1 Å². The number of carbonyl (C=O) groups is 1. The zero-order valence-electron chi connectivity index (χ0n) is 15.9. The molecular formula is C18H27BrClN3O3. The first kappa shape index (κ1) is 21.3. The van der Waals surface area contributed by atoms with E-state index >= 15 is 0 Å². The number of hydrogen-bond acceptors (Lipinski definition) is 5. The van der Waals surface area contributed by atoms with Crippen molar-refractivity contribution < 1.29 is 14.6 Å². The van der Waals surface area contributed by atoms with Gasteiger partial charge in [-0.3, -0.25) is 0 Å². The smallest absolute Gasteiger partial charge is 0.337 e. The van der Waals surface area contributed by atoms with Gasteiger partial charge in [-0.05, 0) is 55.0 Å². The Balaban J connectivity index is 2.58. The number of nitrogens with two attached hydrogens (primary N) is 1. The third-order valence-electron chi connectivity index (χ3n) is 4.52. The van der Waals surface area contributed by atoms with Crippen molar-refractivity contribution in [2.45, 2.75) is 59.2 Å². The minimum absolute atomic E-state index is 0.0576. The molecule has 0 amide bonds. The lowest BCUT2D eigenvalue weighted by atomic mass is 9.82. The topological polar surface area (TPSA) is 88.7 Å². The third kappa shape index (κ3) is 4.81. The number of rotatable bonds is 4. The van der Waals surface area contributed by atoms with E-state index in [9.17, 15) is 9.90 Å². The van der Waals surface area contributed by atoms with Crippen molar-refractivity contribution in [2.24, 2.45) is 5.41 Å². The molecule has 0 radical (unpaired) electrons. The first-order valence-corrected chi connectivity index (χ1v) is 9.79. The lowest BCUT2D eigenvalue weighted by molar-refractivity contribution is -0.160. The van der Waals surface area contributed by atoms with Crippen molar-refractivity contribution in [2.75, 3.05) is 23.7 Å². The number of pyridine rings is 1. The van der Waals surface area contributed by atoms with E-state index in [1.165, 1.54) is 0 Å². The largest absolute Gasteiger partial charge is 0.479 e. The van der Waals surface area contributed by atoms with E-state index < -0.39 is 17.7 Å². The number of carboxylic acid groups (broad SMARTS) is 1. The number of ether oxygens (including phenoxy) is 1. The number of carboxylic acids is 1. The average Bonchev–Trinajstić information content (AvgIpc) is 2.48. The molecule has 146 valence electrons. The molecule has 2 heterocycles. The molecule has 1 aliphatic heterocycles. The van der Waals surface area contributed by atoms with Gasteiger partial charge in [0.15, 0.2) is 6.10 Å². The molecule has 0 spiro atoms. The number of nitrogens with zero attached hydrogens (tertiary/aromatic N) is 2. The van der Waals surface area contributed by atoms with E-state index in [1.54, 1.807) is 20.8 Å². The summed E-state index contributed by atoms with van der Waals surface area (Å²) in [5.41, 5.74) is 6.59. The van der Waals surface area contributed by atoms with E-state index in [0.29, 0.717) is 15.7 Å². The van der Waals surface area contributed by atoms with E-state index in [1.807, 2.05) is 0 Å². The summed E-state index contributed by atoms with van der Waals surface area (Å²) in [7, 11) is 0. The molecule has 1 saturated heterocycles. The summed E-state index contributed by atoms with van der Waals surface area (Å²) in [4.78, 5) is 18.2. The van der Waals surface area contributed by atoms with Crippen molar-refractivity contribution in [3.05, 3.63) is 15.2 Å². The summed E-state index contributed by atoms with van der Waals surface area (Å²) in [5, 5.41) is 9.86. The van der Waals surface area contributed by atoms with Crippen molar-refractivity contribution in [1.82, 2.24) is 4.98 Å². The van der Waals surface area contributed by atoms with Gasteiger partial charge in [0.05, 0.1) is 21.3 Å². The Bertz CT molecular complexity index is 694. The fraction of sp³-hybridized carbons (Fsp3) is 0.667. The van der Waals surface area contributed by atoms with Crippen LogP contribution in [0.25, 0.3) is 0 Å². The van der Waals surface area contributed by atoms with Gasteiger partial charge >= 0.3 is 5.97 Å². The summed E-state index contributed by atoms with van der Waals surface area (Å²) >= 11 is 9.86. The monoisotopic (exact) mass is 447 g/mol. The number of piperidine rings is 1. The van der Waals surface area contributed by atoms with Gasteiger partial charge in [-0.2, -0.15) is 0 Å². The van der Waals surface area contributed by atoms with E-state index in [-0.39, 0.29) is 16.4 Å². The Morgan fingerprint density at radius 1 is 1.38 bits per heavy atom. The van der Waals surface area contributed by atoms with Crippen LogP contribution in [0.4, 0.5) is 11.5 Å². The first-order valence-electron chi connectivity index (χ1n) is 8.62. The maximum absolute atomic E-state index is 12.0. The maximum atomic E-state index is 12.0. The number of anilines is 2. The fourth-order valence-corrected chi connectivity index (χ4v) is 3.85.